The lowest BCUT2D eigenvalue weighted by Gasteiger charge is -2.17. The summed E-state index contributed by atoms with van der Waals surface area (Å²) in [5, 5.41) is 0.0746. The summed E-state index contributed by atoms with van der Waals surface area (Å²) in [7, 11) is 0. The number of ether oxygens (including phenoxy) is 1. The third kappa shape index (κ3) is 2.09. The minimum Gasteiger partial charge on any atom is -0.493 e. The third-order valence-electron chi connectivity index (χ3n) is 3.40. The lowest BCUT2D eigenvalue weighted by Crippen LogP contribution is -2.14. The van der Waals surface area contributed by atoms with Crippen molar-refractivity contribution in [3.8, 4) is 5.75 Å². The molecule has 1 aliphatic rings. The van der Waals surface area contributed by atoms with E-state index in [1.54, 1.807) is 12.1 Å². The monoisotopic (exact) mass is 277 g/mol. The molecule has 1 aliphatic heterocycles. The SMILES string of the molecule is NC(c1cccc(F)c1Cl)c1cccc2c1OCC2. The van der Waals surface area contributed by atoms with Crippen LogP contribution >= 0.6 is 11.6 Å². The minimum absolute atomic E-state index is 0.0746. The Morgan fingerprint density at radius 1 is 1.16 bits per heavy atom. The average Bonchev–Trinajstić information content (AvgIpc) is 2.89. The van der Waals surface area contributed by atoms with Gasteiger partial charge >= 0.3 is 0 Å². The second-order valence-corrected chi connectivity index (χ2v) is 4.93. The van der Waals surface area contributed by atoms with E-state index >= 15 is 0 Å². The molecule has 0 saturated heterocycles. The van der Waals surface area contributed by atoms with Crippen LogP contribution in [0, 0.1) is 5.82 Å². The quantitative estimate of drug-likeness (QED) is 0.912. The van der Waals surface area contributed by atoms with Crippen LogP contribution in [0.15, 0.2) is 36.4 Å². The summed E-state index contributed by atoms with van der Waals surface area (Å²) in [6, 6.07) is 10.0. The second kappa shape index (κ2) is 4.83. The van der Waals surface area contributed by atoms with Crippen LogP contribution in [-0.2, 0) is 6.42 Å². The van der Waals surface area contributed by atoms with Crippen molar-refractivity contribution in [3.05, 3.63) is 63.9 Å². The molecule has 98 valence electrons. The molecule has 0 amide bonds. The highest BCUT2D eigenvalue weighted by atomic mass is 35.5. The van der Waals surface area contributed by atoms with Crippen molar-refractivity contribution in [1.29, 1.82) is 0 Å². The van der Waals surface area contributed by atoms with Crippen LogP contribution in [0.1, 0.15) is 22.7 Å². The first-order chi connectivity index (χ1) is 9.18. The average molecular weight is 278 g/mol. The van der Waals surface area contributed by atoms with Crippen molar-refractivity contribution >= 4 is 11.6 Å². The molecule has 2 aromatic rings. The van der Waals surface area contributed by atoms with Gasteiger partial charge in [-0.1, -0.05) is 41.9 Å². The zero-order chi connectivity index (χ0) is 13.4. The number of hydrogen-bond acceptors (Lipinski definition) is 2. The maximum Gasteiger partial charge on any atom is 0.142 e. The predicted octanol–water partition coefficient (Wildman–Crippen LogP) is 3.46. The molecule has 0 aliphatic carbocycles. The van der Waals surface area contributed by atoms with Crippen molar-refractivity contribution in [2.45, 2.75) is 12.5 Å². The summed E-state index contributed by atoms with van der Waals surface area (Å²) < 4.78 is 19.1. The summed E-state index contributed by atoms with van der Waals surface area (Å²) in [4.78, 5) is 0. The van der Waals surface area contributed by atoms with Gasteiger partial charge in [-0.15, -0.1) is 0 Å². The molecular formula is C15H13ClFNO. The van der Waals surface area contributed by atoms with Gasteiger partial charge in [0.1, 0.15) is 11.6 Å². The van der Waals surface area contributed by atoms with E-state index in [0.717, 1.165) is 23.3 Å². The van der Waals surface area contributed by atoms with Crippen molar-refractivity contribution < 1.29 is 9.13 Å². The highest BCUT2D eigenvalue weighted by Crippen LogP contribution is 2.37. The van der Waals surface area contributed by atoms with E-state index in [-0.39, 0.29) is 5.02 Å². The molecule has 2 aromatic carbocycles. The van der Waals surface area contributed by atoms with Crippen molar-refractivity contribution in [2.75, 3.05) is 6.61 Å². The number of para-hydroxylation sites is 1. The lowest BCUT2D eigenvalue weighted by atomic mass is 9.96. The Bertz CT molecular complexity index is 630. The number of benzene rings is 2. The Hall–Kier alpha value is -1.58. The van der Waals surface area contributed by atoms with Gasteiger partial charge in [0.2, 0.25) is 0 Å². The van der Waals surface area contributed by atoms with Crippen LogP contribution in [0.2, 0.25) is 5.02 Å². The van der Waals surface area contributed by atoms with Gasteiger partial charge in [0.25, 0.3) is 0 Å². The van der Waals surface area contributed by atoms with E-state index in [1.165, 1.54) is 6.07 Å². The molecule has 19 heavy (non-hydrogen) atoms. The summed E-state index contributed by atoms with van der Waals surface area (Å²) >= 11 is 5.99. The third-order valence-corrected chi connectivity index (χ3v) is 3.80. The molecule has 0 aromatic heterocycles. The first-order valence-electron chi connectivity index (χ1n) is 6.12. The fourth-order valence-corrected chi connectivity index (χ4v) is 2.66. The predicted molar refractivity (Wildman–Crippen MR) is 73.1 cm³/mol. The zero-order valence-corrected chi connectivity index (χ0v) is 11.0. The highest BCUT2D eigenvalue weighted by molar-refractivity contribution is 6.31. The summed E-state index contributed by atoms with van der Waals surface area (Å²) in [5.74, 6) is 0.360. The lowest BCUT2D eigenvalue weighted by molar-refractivity contribution is 0.352. The molecule has 0 fully saturated rings. The van der Waals surface area contributed by atoms with Gasteiger partial charge in [-0.05, 0) is 17.2 Å². The number of hydrogen-bond donors (Lipinski definition) is 1. The van der Waals surface area contributed by atoms with Crippen molar-refractivity contribution in [2.24, 2.45) is 5.73 Å². The smallest absolute Gasteiger partial charge is 0.142 e. The fourth-order valence-electron chi connectivity index (χ4n) is 2.41. The largest absolute Gasteiger partial charge is 0.493 e. The van der Waals surface area contributed by atoms with Crippen molar-refractivity contribution in [3.63, 3.8) is 0 Å². The minimum atomic E-state index is -0.490. The second-order valence-electron chi connectivity index (χ2n) is 4.55. The van der Waals surface area contributed by atoms with Crippen LogP contribution in [0.5, 0.6) is 5.75 Å². The highest BCUT2D eigenvalue weighted by Gasteiger charge is 2.22. The number of fused-ring (bicyclic) bond motifs is 1. The standard InChI is InChI=1S/C15H13ClFNO/c16-13-10(4-2-6-12(13)17)14(18)11-5-1-3-9-7-8-19-15(9)11/h1-6,14H,7-8,18H2. The Balaban J connectivity index is 2.08. The molecule has 2 nitrogen and oxygen atoms in total. The van der Waals surface area contributed by atoms with E-state index in [2.05, 4.69) is 0 Å². The van der Waals surface area contributed by atoms with Gasteiger partial charge in [-0.3, -0.25) is 0 Å². The van der Waals surface area contributed by atoms with Crippen LogP contribution in [0.25, 0.3) is 0 Å². The number of halogens is 2. The summed E-state index contributed by atoms with van der Waals surface area (Å²) in [5.41, 5.74) is 8.79. The molecule has 0 radical (unpaired) electrons. The first kappa shape index (κ1) is 12.5. The van der Waals surface area contributed by atoms with Crippen molar-refractivity contribution in [1.82, 2.24) is 0 Å². The van der Waals surface area contributed by atoms with Crippen LogP contribution in [0.4, 0.5) is 4.39 Å². The Morgan fingerprint density at radius 3 is 2.74 bits per heavy atom. The van der Waals surface area contributed by atoms with E-state index in [1.807, 2.05) is 18.2 Å². The fraction of sp³-hybridized carbons (Fsp3) is 0.200. The van der Waals surface area contributed by atoms with E-state index in [9.17, 15) is 4.39 Å². The Labute approximate surface area is 115 Å². The van der Waals surface area contributed by atoms with E-state index in [4.69, 9.17) is 22.1 Å². The molecular weight excluding hydrogens is 265 g/mol. The molecule has 1 unspecified atom stereocenters. The van der Waals surface area contributed by atoms with Gasteiger partial charge in [0.05, 0.1) is 17.7 Å². The Morgan fingerprint density at radius 2 is 1.89 bits per heavy atom. The van der Waals surface area contributed by atoms with Gasteiger partial charge < -0.3 is 10.5 Å². The molecule has 0 bridgehead atoms. The van der Waals surface area contributed by atoms with E-state index in [0.29, 0.717) is 12.2 Å². The molecule has 0 saturated carbocycles. The molecule has 3 rings (SSSR count). The molecule has 2 N–H and O–H groups in total. The number of rotatable bonds is 2. The maximum atomic E-state index is 13.5. The summed E-state index contributed by atoms with van der Waals surface area (Å²) in [6.07, 6.45) is 0.882. The summed E-state index contributed by atoms with van der Waals surface area (Å²) in [6.45, 7) is 0.663. The van der Waals surface area contributed by atoms with E-state index < -0.39 is 11.9 Å². The van der Waals surface area contributed by atoms with Gasteiger partial charge in [-0.25, -0.2) is 4.39 Å². The molecule has 1 atom stereocenters. The molecule has 1 heterocycles. The first-order valence-corrected chi connectivity index (χ1v) is 6.50. The normalized spacial score (nSPS) is 14.9. The van der Waals surface area contributed by atoms with Crippen LogP contribution < -0.4 is 10.5 Å². The molecule has 4 heteroatoms. The Kier molecular flexibility index (Phi) is 3.17. The zero-order valence-electron chi connectivity index (χ0n) is 10.2. The van der Waals surface area contributed by atoms with Gasteiger partial charge in [0.15, 0.2) is 0 Å². The number of nitrogens with two attached hydrogens (primary N) is 1. The van der Waals surface area contributed by atoms with Gasteiger partial charge in [-0.2, -0.15) is 0 Å². The topological polar surface area (TPSA) is 35.2 Å². The maximum absolute atomic E-state index is 13.5. The van der Waals surface area contributed by atoms with Crippen LogP contribution in [0.3, 0.4) is 0 Å². The van der Waals surface area contributed by atoms with Crippen LogP contribution in [-0.4, -0.2) is 6.61 Å². The molecule has 0 spiro atoms. The van der Waals surface area contributed by atoms with Gasteiger partial charge in [0, 0.05) is 12.0 Å².